The molecule has 4 rings (SSSR count). The molecule has 4 aliphatic rings. The molecular weight excluding hydrogens is 334 g/mol. The van der Waals surface area contributed by atoms with Crippen molar-refractivity contribution < 1.29 is 4.79 Å². The van der Waals surface area contributed by atoms with Gasteiger partial charge in [0.1, 0.15) is 3.74 Å². The van der Waals surface area contributed by atoms with Crippen molar-refractivity contribution in [1.82, 2.24) is 5.32 Å². The van der Waals surface area contributed by atoms with Crippen LogP contribution in [0.4, 0.5) is 0 Å². The first-order valence-corrected chi connectivity index (χ1v) is 8.00. The van der Waals surface area contributed by atoms with E-state index >= 15 is 0 Å². The Bertz CT molecular complexity index is 281. The zero-order valence-corrected chi connectivity index (χ0v) is 12.4. The van der Waals surface area contributed by atoms with Crippen LogP contribution in [0.15, 0.2) is 0 Å². The largest absolute Gasteiger partial charge is 0.349 e. The number of amides is 1. The Morgan fingerprint density at radius 2 is 1.50 bits per heavy atom. The smallest absolute Gasteiger partial charge is 0.245 e. The highest BCUT2D eigenvalue weighted by Gasteiger charge is 2.51. The van der Waals surface area contributed by atoms with Gasteiger partial charge in [-0.05, 0) is 56.3 Å². The molecule has 0 saturated heterocycles. The molecular formula is C12H17Br2NO. The number of carbonyl (C=O) groups excluding carboxylic acids is 1. The fourth-order valence-corrected chi connectivity index (χ4v) is 4.81. The van der Waals surface area contributed by atoms with Crippen molar-refractivity contribution in [3.63, 3.8) is 0 Å². The molecule has 4 bridgehead atoms. The highest BCUT2D eigenvalue weighted by molar-refractivity contribution is 9.25. The molecule has 0 unspecified atom stereocenters. The average molecular weight is 351 g/mol. The molecule has 0 atom stereocenters. The molecule has 0 aromatic carbocycles. The molecule has 0 aliphatic heterocycles. The van der Waals surface area contributed by atoms with Crippen LogP contribution in [0.5, 0.6) is 0 Å². The summed E-state index contributed by atoms with van der Waals surface area (Å²) in [5.41, 5.74) is 0.144. The lowest BCUT2D eigenvalue weighted by atomic mass is 9.53. The number of rotatable bonds is 2. The lowest BCUT2D eigenvalue weighted by Crippen LogP contribution is -2.60. The SMILES string of the molecule is O=C(NC12CC3CC(CC(C3)C1)C2)C(Br)Br. The molecule has 16 heavy (non-hydrogen) atoms. The Kier molecular flexibility index (Phi) is 2.86. The van der Waals surface area contributed by atoms with Gasteiger partial charge in [0.25, 0.3) is 0 Å². The first-order valence-electron chi connectivity index (χ1n) is 6.16. The van der Waals surface area contributed by atoms with E-state index in [0.717, 1.165) is 17.8 Å². The number of halogens is 2. The van der Waals surface area contributed by atoms with Gasteiger partial charge in [0, 0.05) is 5.54 Å². The van der Waals surface area contributed by atoms with Crippen molar-refractivity contribution in [2.45, 2.75) is 47.8 Å². The minimum atomic E-state index is -0.243. The van der Waals surface area contributed by atoms with Crippen molar-refractivity contribution in [2.24, 2.45) is 17.8 Å². The van der Waals surface area contributed by atoms with Gasteiger partial charge in [-0.1, -0.05) is 31.9 Å². The van der Waals surface area contributed by atoms with Gasteiger partial charge in [-0.3, -0.25) is 4.79 Å². The third-order valence-electron chi connectivity index (χ3n) is 4.62. The average Bonchev–Trinajstić information content (AvgIpc) is 2.13. The van der Waals surface area contributed by atoms with E-state index in [4.69, 9.17) is 0 Å². The molecule has 0 spiro atoms. The van der Waals surface area contributed by atoms with Gasteiger partial charge in [0.2, 0.25) is 5.91 Å². The number of nitrogens with one attached hydrogen (secondary N) is 1. The van der Waals surface area contributed by atoms with Crippen LogP contribution in [0, 0.1) is 17.8 Å². The normalized spacial score (nSPS) is 45.1. The van der Waals surface area contributed by atoms with E-state index in [1.807, 2.05) is 0 Å². The Morgan fingerprint density at radius 1 is 1.06 bits per heavy atom. The van der Waals surface area contributed by atoms with Gasteiger partial charge >= 0.3 is 0 Å². The molecule has 4 fully saturated rings. The summed E-state index contributed by atoms with van der Waals surface area (Å²) >= 11 is 6.57. The van der Waals surface area contributed by atoms with Crippen molar-refractivity contribution in [2.75, 3.05) is 0 Å². The maximum Gasteiger partial charge on any atom is 0.245 e. The van der Waals surface area contributed by atoms with E-state index in [1.165, 1.54) is 38.5 Å². The minimum Gasteiger partial charge on any atom is -0.349 e. The summed E-state index contributed by atoms with van der Waals surface area (Å²) in [4.78, 5) is 11.8. The van der Waals surface area contributed by atoms with Crippen LogP contribution in [0.3, 0.4) is 0 Å². The van der Waals surface area contributed by atoms with Crippen LogP contribution in [-0.4, -0.2) is 15.2 Å². The van der Waals surface area contributed by atoms with E-state index in [9.17, 15) is 4.79 Å². The van der Waals surface area contributed by atoms with Crippen LogP contribution >= 0.6 is 31.9 Å². The molecule has 4 heteroatoms. The first kappa shape index (κ1) is 11.5. The van der Waals surface area contributed by atoms with Crippen LogP contribution in [-0.2, 0) is 4.79 Å². The Hall–Kier alpha value is 0.430. The lowest BCUT2D eigenvalue weighted by Gasteiger charge is -2.57. The van der Waals surface area contributed by atoms with Crippen LogP contribution in [0.1, 0.15) is 38.5 Å². The molecule has 0 heterocycles. The van der Waals surface area contributed by atoms with Gasteiger partial charge in [-0.2, -0.15) is 0 Å². The third-order valence-corrected chi connectivity index (χ3v) is 5.46. The van der Waals surface area contributed by atoms with Crippen molar-refractivity contribution in [3.8, 4) is 0 Å². The number of hydrogen-bond donors (Lipinski definition) is 1. The van der Waals surface area contributed by atoms with E-state index in [2.05, 4.69) is 37.2 Å². The number of hydrogen-bond acceptors (Lipinski definition) is 1. The predicted octanol–water partition coefficient (Wildman–Crippen LogP) is 3.19. The van der Waals surface area contributed by atoms with Crippen molar-refractivity contribution in [1.29, 1.82) is 0 Å². The van der Waals surface area contributed by atoms with Crippen LogP contribution in [0.2, 0.25) is 0 Å². The van der Waals surface area contributed by atoms with Crippen molar-refractivity contribution >= 4 is 37.8 Å². The zero-order chi connectivity index (χ0) is 11.3. The molecule has 2 nitrogen and oxygen atoms in total. The molecule has 0 aromatic rings. The number of alkyl halides is 2. The van der Waals surface area contributed by atoms with Crippen LogP contribution in [0.25, 0.3) is 0 Å². The molecule has 1 N–H and O–H groups in total. The summed E-state index contributed by atoms with van der Waals surface area (Å²) in [5, 5.41) is 3.29. The number of carbonyl (C=O) groups is 1. The standard InChI is InChI=1S/C12H17Br2NO/c13-10(14)11(16)15-12-4-7-1-8(5-12)3-9(2-7)6-12/h7-10H,1-6H2,(H,15,16). The minimum absolute atomic E-state index is 0.0990. The van der Waals surface area contributed by atoms with Crippen molar-refractivity contribution in [3.05, 3.63) is 0 Å². The summed E-state index contributed by atoms with van der Waals surface area (Å²) in [6, 6.07) is 0. The van der Waals surface area contributed by atoms with E-state index < -0.39 is 0 Å². The summed E-state index contributed by atoms with van der Waals surface area (Å²) in [6.45, 7) is 0. The fraction of sp³-hybridized carbons (Fsp3) is 0.917. The second-order valence-electron chi connectivity index (χ2n) is 5.99. The highest BCUT2D eigenvalue weighted by atomic mass is 79.9. The summed E-state index contributed by atoms with van der Waals surface area (Å²) in [6.07, 6.45) is 7.91. The van der Waals surface area contributed by atoms with E-state index in [0.29, 0.717) is 0 Å². The Balaban J connectivity index is 1.76. The summed E-state index contributed by atoms with van der Waals surface area (Å²) < 4.78 is -0.243. The second kappa shape index (κ2) is 3.98. The lowest BCUT2D eigenvalue weighted by molar-refractivity contribution is -0.124. The molecule has 1 amide bonds. The van der Waals surface area contributed by atoms with Gasteiger partial charge in [0.05, 0.1) is 0 Å². The molecule has 90 valence electrons. The summed E-state index contributed by atoms with van der Waals surface area (Å²) in [5.74, 6) is 2.75. The predicted molar refractivity (Wildman–Crippen MR) is 70.7 cm³/mol. The van der Waals surface area contributed by atoms with E-state index in [-0.39, 0.29) is 15.2 Å². The van der Waals surface area contributed by atoms with Gasteiger partial charge < -0.3 is 5.32 Å². The second-order valence-corrected chi connectivity index (χ2v) is 9.05. The summed E-state index contributed by atoms with van der Waals surface area (Å²) in [7, 11) is 0. The van der Waals surface area contributed by atoms with Gasteiger partial charge in [-0.15, -0.1) is 0 Å². The molecule has 0 radical (unpaired) electrons. The molecule has 0 aromatic heterocycles. The first-order chi connectivity index (χ1) is 7.56. The zero-order valence-electron chi connectivity index (χ0n) is 9.22. The van der Waals surface area contributed by atoms with Gasteiger partial charge in [-0.25, -0.2) is 0 Å². The monoisotopic (exact) mass is 349 g/mol. The van der Waals surface area contributed by atoms with Crippen LogP contribution < -0.4 is 5.32 Å². The maximum absolute atomic E-state index is 11.8. The third kappa shape index (κ3) is 1.96. The quantitative estimate of drug-likeness (QED) is 0.761. The molecule has 4 aliphatic carbocycles. The Labute approximate surface area is 113 Å². The Morgan fingerprint density at radius 3 is 1.88 bits per heavy atom. The van der Waals surface area contributed by atoms with E-state index in [1.54, 1.807) is 0 Å². The topological polar surface area (TPSA) is 29.1 Å². The maximum atomic E-state index is 11.8. The highest BCUT2D eigenvalue weighted by Crippen LogP contribution is 2.55. The van der Waals surface area contributed by atoms with Gasteiger partial charge in [0.15, 0.2) is 0 Å². The fourth-order valence-electron chi connectivity index (χ4n) is 4.58. The molecule has 4 saturated carbocycles.